The molecule has 15 N–H and O–H groups in total. The molecule has 0 radical (unpaired) electrons. The molecular formula is C92H96F2N24O11. The molecule has 0 spiro atoms. The van der Waals surface area contributed by atoms with Crippen LogP contribution < -0.4 is 88.9 Å². The fourth-order valence-corrected chi connectivity index (χ4v) is 11.5. The molecule has 664 valence electrons. The van der Waals surface area contributed by atoms with Gasteiger partial charge >= 0.3 is 0 Å². The normalized spacial score (nSPS) is 11.2. The van der Waals surface area contributed by atoms with Gasteiger partial charge in [-0.25, -0.2) is 33.7 Å². The molecule has 1 aliphatic heterocycles. The fourth-order valence-electron chi connectivity index (χ4n) is 11.5. The van der Waals surface area contributed by atoms with E-state index in [1.165, 1.54) is 37.7 Å². The maximum Gasteiger partial charge on any atom is 0.254 e. The molecule has 13 rings (SSSR count). The third-order valence-corrected chi connectivity index (χ3v) is 17.7. The van der Waals surface area contributed by atoms with Gasteiger partial charge in [-0.1, -0.05) is 73.8 Å². The van der Waals surface area contributed by atoms with Crippen LogP contribution >= 0.6 is 0 Å². The van der Waals surface area contributed by atoms with Gasteiger partial charge in [0.2, 0.25) is 47.4 Å². The number of pyridine rings is 1. The second kappa shape index (κ2) is 48.4. The summed E-state index contributed by atoms with van der Waals surface area (Å²) < 4.78 is 56.0. The number of ether oxygens (including phenoxy) is 5. The number of rotatable bonds is 37. The van der Waals surface area contributed by atoms with Crippen molar-refractivity contribution in [3.63, 3.8) is 0 Å². The number of carbonyl (C=O) groups excluding carboxylic acids is 6. The van der Waals surface area contributed by atoms with Crippen LogP contribution in [0.4, 0.5) is 118 Å². The van der Waals surface area contributed by atoms with Gasteiger partial charge in [-0.05, 0) is 168 Å². The molecular weight excluding hydrogens is 1660 g/mol. The summed E-state index contributed by atoms with van der Waals surface area (Å²) in [5, 5.41) is 32.1. The number of nitrogens with two attached hydrogens (primary N) is 2. The molecule has 1 aliphatic rings. The van der Waals surface area contributed by atoms with Gasteiger partial charge in [-0.2, -0.15) is 19.9 Å². The number of anilines is 19. The van der Waals surface area contributed by atoms with Gasteiger partial charge in [0.15, 0.2) is 29.1 Å². The first-order valence-corrected chi connectivity index (χ1v) is 39.8. The van der Waals surface area contributed by atoms with Crippen LogP contribution in [0.1, 0.15) is 51.3 Å². The summed E-state index contributed by atoms with van der Waals surface area (Å²) in [7, 11) is 7.06. The second-order valence-electron chi connectivity index (χ2n) is 28.1. The van der Waals surface area contributed by atoms with E-state index in [1.807, 2.05) is 99.6 Å². The van der Waals surface area contributed by atoms with Crippen LogP contribution in [0.15, 0.2) is 263 Å². The zero-order valence-corrected chi connectivity index (χ0v) is 71.3. The summed E-state index contributed by atoms with van der Waals surface area (Å²) in [4.78, 5) is 112. The average Bonchev–Trinajstić information content (AvgIpc) is 0.846. The monoisotopic (exact) mass is 1750 g/mol. The number of nitrogens with zero attached hydrogens (tertiary/aromatic N) is 11. The summed E-state index contributed by atoms with van der Waals surface area (Å²) in [6.45, 7) is 20.4. The molecule has 5 amide bonds. The Hall–Kier alpha value is -16.7. The highest BCUT2D eigenvalue weighted by molar-refractivity contribution is 6.06. The van der Waals surface area contributed by atoms with E-state index < -0.39 is 23.4 Å². The lowest BCUT2D eigenvalue weighted by Crippen LogP contribution is -2.37. The Balaban J connectivity index is 0.000000179. The molecule has 0 unspecified atom stereocenters. The number of hydrogen-bond donors (Lipinski definition) is 13. The van der Waals surface area contributed by atoms with Crippen molar-refractivity contribution in [2.75, 3.05) is 139 Å². The minimum Gasteiger partial charge on any atom is -0.497 e. The summed E-state index contributed by atoms with van der Waals surface area (Å²) in [5.41, 5.74) is 19.2. The molecule has 35 nitrogen and oxygen atoms in total. The number of aromatic nitrogens is 9. The largest absolute Gasteiger partial charge is 0.497 e. The van der Waals surface area contributed by atoms with Gasteiger partial charge in [-0.15, -0.1) is 0 Å². The number of likely N-dealkylation sites (N-methyl/N-ethyl adjacent to an activating group) is 1. The van der Waals surface area contributed by atoms with Crippen molar-refractivity contribution in [1.82, 2.24) is 54.7 Å². The smallest absolute Gasteiger partial charge is 0.254 e. The fraction of sp³-hybridized carbons (Fsp3) is 0.163. The van der Waals surface area contributed by atoms with Crippen LogP contribution in [0.25, 0.3) is 0 Å². The zero-order valence-electron chi connectivity index (χ0n) is 71.3. The predicted octanol–water partition coefficient (Wildman–Crippen LogP) is 15.3. The van der Waals surface area contributed by atoms with Gasteiger partial charge < -0.3 is 98.5 Å². The predicted molar refractivity (Wildman–Crippen MR) is 495 cm³/mol. The number of halogens is 2. The first kappa shape index (κ1) is 94.6. The lowest BCUT2D eigenvalue weighted by Gasteiger charge is -2.26. The molecule has 37 heteroatoms. The summed E-state index contributed by atoms with van der Waals surface area (Å²) in [6, 6.07) is 53.0. The number of methoxy groups -OCH3 is 2. The van der Waals surface area contributed by atoms with Crippen molar-refractivity contribution in [3.05, 3.63) is 291 Å². The molecule has 12 aromatic rings. The van der Waals surface area contributed by atoms with Gasteiger partial charge in [0.05, 0.1) is 58.3 Å². The number of morpholine rings is 1. The zero-order chi connectivity index (χ0) is 92.0. The maximum absolute atomic E-state index is 14.4. The van der Waals surface area contributed by atoms with Crippen molar-refractivity contribution in [1.29, 1.82) is 0 Å². The van der Waals surface area contributed by atoms with E-state index in [2.05, 4.69) is 128 Å². The number of primary amides is 2. The lowest BCUT2D eigenvalue weighted by molar-refractivity contribution is -0.112. The van der Waals surface area contributed by atoms with Crippen LogP contribution in [0, 0.1) is 11.6 Å². The highest BCUT2D eigenvalue weighted by Crippen LogP contribution is 2.31. The average molecular weight is 1750 g/mol. The van der Waals surface area contributed by atoms with Crippen molar-refractivity contribution >= 4 is 145 Å². The van der Waals surface area contributed by atoms with E-state index in [-0.39, 0.29) is 81.7 Å². The van der Waals surface area contributed by atoms with Crippen molar-refractivity contribution in [3.8, 4) is 23.1 Å². The Labute approximate surface area is 742 Å². The second-order valence-corrected chi connectivity index (χ2v) is 28.1. The molecule has 1 fully saturated rings. The Kier molecular flexibility index (Phi) is 35.5. The lowest BCUT2D eigenvalue weighted by atomic mass is 10.1. The highest BCUT2D eigenvalue weighted by Gasteiger charge is 2.19. The molecule has 0 aliphatic carbocycles. The van der Waals surface area contributed by atoms with Gasteiger partial charge in [0, 0.05) is 125 Å². The number of amides is 5. The minimum atomic E-state index is -0.689. The Morgan fingerprint density at radius 2 is 0.822 bits per heavy atom. The van der Waals surface area contributed by atoms with E-state index in [1.54, 1.807) is 135 Å². The number of nitrogens with one attached hydrogen (secondary N) is 11. The quantitative estimate of drug-likeness (QED) is 0.00977. The molecule has 0 bridgehead atoms. The first-order valence-electron chi connectivity index (χ1n) is 39.8. The first-order chi connectivity index (χ1) is 62.3. The molecule has 0 atom stereocenters. The van der Waals surface area contributed by atoms with Crippen LogP contribution in [0.2, 0.25) is 0 Å². The van der Waals surface area contributed by atoms with E-state index in [9.17, 15) is 37.5 Å². The van der Waals surface area contributed by atoms with Crippen molar-refractivity contribution in [2.45, 2.75) is 20.3 Å². The summed E-state index contributed by atoms with van der Waals surface area (Å²) >= 11 is 0. The van der Waals surface area contributed by atoms with Crippen LogP contribution in [-0.2, 0) is 19.1 Å². The Morgan fingerprint density at radius 1 is 0.442 bits per heavy atom. The Bertz CT molecular complexity index is 5940. The number of benzene rings is 7. The third kappa shape index (κ3) is 31.3. The molecule has 5 aromatic heterocycles. The van der Waals surface area contributed by atoms with Crippen molar-refractivity contribution < 1.29 is 61.2 Å². The topological polar surface area (TPSA) is 455 Å². The summed E-state index contributed by atoms with van der Waals surface area (Å²) in [6.07, 6.45) is 12.4. The molecule has 1 saturated heterocycles. The third-order valence-electron chi connectivity index (χ3n) is 17.7. The van der Waals surface area contributed by atoms with E-state index in [4.69, 9.17) is 35.2 Å². The summed E-state index contributed by atoms with van der Waals surface area (Å²) in [5.74, 6) is 0.196. The molecule has 129 heavy (non-hydrogen) atoms. The van der Waals surface area contributed by atoms with Crippen LogP contribution in [-0.4, -0.2) is 171 Å². The molecule has 0 saturated carbocycles. The molecule has 6 heterocycles. The minimum absolute atomic E-state index is 0.00213. The number of carbonyl (C=O) groups is 6. The van der Waals surface area contributed by atoms with Crippen LogP contribution in [0.3, 0.4) is 0 Å². The van der Waals surface area contributed by atoms with Crippen molar-refractivity contribution in [2.24, 2.45) is 11.5 Å². The SMILES string of the molecule is C=CC(=O)Nc1cccc(Nc2nc(Nc3ccc(OC)nc3)ncc2C(N)=O)c1.C=CC(=O)Nc1cccc(Nc2nc(Nc3cccc(OC)c3)ncc2C(N)=O)c1.C=CC(=O)Nc1cccc(Nc2nc(Nc3cccc(OCCCN4CCOCC4)c3)ncc2F)c1.CC(C)=CC(=O)c1cccc(Nc2nc(Nc3cccc(OCCN(C)C)c3)ncc2F)c1. The number of ketones is 1. The van der Waals surface area contributed by atoms with Crippen LogP contribution in [0.5, 0.6) is 23.1 Å². The molecule has 7 aromatic carbocycles. The maximum atomic E-state index is 14.4. The van der Waals surface area contributed by atoms with Gasteiger partial charge in [0.1, 0.15) is 46.6 Å². The Morgan fingerprint density at radius 3 is 1.23 bits per heavy atom. The standard InChI is InChI=1S/C26H29FN6O3.C25H28FN5O2.C21H20N6O3.C20H19N7O3/c1-2-24(34)29-19-6-3-7-20(16-19)30-25-23(27)18-28-26(32-25)31-21-8-4-9-22(17-21)36-13-5-10-33-11-14-35-15-12-33;1-17(2)13-23(32)18-7-5-8-19(14-18)28-24-22(26)16-27-25(30-24)29-20-9-6-10-21(15-20)33-12-11-31(3)4;1-3-18(28)24-13-6-4-7-14(10-13)25-20-17(19(22)29)12-23-21(27-20)26-15-8-5-9-16(11-15)30-2;1-3-16(28)24-12-5-4-6-13(9-12)25-19-15(18(21)29)11-23-20(27-19)26-14-7-8-17(30-2)22-10-14/h2-4,6-9,16-18H,1,5,10-15H2,(H,29,34)(H2,28,30,31,32);5-10,13-16H,11-12H2,1-4H3,(H2,27,28,29,30);3-12H,1H2,2H3,(H2,22,29)(H,24,28)(H2,23,25,26,27);3-11H,1H2,2H3,(H2,21,29)(H,24,28)(H2,23,25,26,27). The number of allylic oxidation sites excluding steroid dienone is 2. The van der Waals surface area contributed by atoms with E-state index in [0.717, 1.165) is 69.5 Å². The highest BCUT2D eigenvalue weighted by atomic mass is 19.1. The van der Waals surface area contributed by atoms with Gasteiger partial charge in [0.25, 0.3) is 11.8 Å². The van der Waals surface area contributed by atoms with E-state index >= 15 is 0 Å². The van der Waals surface area contributed by atoms with E-state index in [0.29, 0.717) is 98.7 Å². The van der Waals surface area contributed by atoms with Gasteiger partial charge in [-0.3, -0.25) is 33.7 Å². The number of hydrogen-bond acceptors (Lipinski definition) is 30.